The van der Waals surface area contributed by atoms with Gasteiger partial charge in [-0.15, -0.1) is 5.01 Å². The summed E-state index contributed by atoms with van der Waals surface area (Å²) in [6.07, 6.45) is 1.77. The number of benzene rings is 2. The largest absolute Gasteiger partial charge is 0.372 e. The van der Waals surface area contributed by atoms with Crippen LogP contribution in [0.15, 0.2) is 59.2 Å². The highest BCUT2D eigenvalue weighted by atomic mass is 16.2. The van der Waals surface area contributed by atoms with Crippen LogP contribution >= 0.6 is 0 Å². The van der Waals surface area contributed by atoms with Crippen LogP contribution in [0.4, 0.5) is 11.4 Å². The molecule has 5 nitrogen and oxygen atoms in total. The predicted molar refractivity (Wildman–Crippen MR) is 111 cm³/mol. The molecule has 1 heterocycles. The number of rotatable bonds is 5. The fourth-order valence-corrected chi connectivity index (χ4v) is 3.12. The van der Waals surface area contributed by atoms with Crippen LogP contribution in [0.2, 0.25) is 0 Å². The summed E-state index contributed by atoms with van der Waals surface area (Å²) < 4.78 is 0. The Kier molecular flexibility index (Phi) is 5.37. The third-order valence-electron chi connectivity index (χ3n) is 4.65. The summed E-state index contributed by atoms with van der Waals surface area (Å²) in [5.41, 5.74) is 4.11. The average Bonchev–Trinajstić information content (AvgIpc) is 3.01. The summed E-state index contributed by atoms with van der Waals surface area (Å²) in [7, 11) is 0. The number of para-hydroxylation sites is 1. The Hall–Kier alpha value is -3.39. The van der Waals surface area contributed by atoms with Crippen molar-refractivity contribution in [3.05, 3.63) is 76.6 Å². The Balaban J connectivity index is 1.96. The highest BCUT2D eigenvalue weighted by Crippen LogP contribution is 2.27. The Labute approximate surface area is 160 Å². The molecule has 1 aliphatic rings. The first-order chi connectivity index (χ1) is 13.1. The zero-order valence-corrected chi connectivity index (χ0v) is 15.8. The van der Waals surface area contributed by atoms with E-state index in [2.05, 4.69) is 40.8 Å². The Morgan fingerprint density at radius 3 is 2.44 bits per heavy atom. The third-order valence-corrected chi connectivity index (χ3v) is 4.65. The second kappa shape index (κ2) is 7.88. The van der Waals surface area contributed by atoms with Gasteiger partial charge in [0.1, 0.15) is 0 Å². The van der Waals surface area contributed by atoms with Crippen LogP contribution in [0.25, 0.3) is 10.9 Å². The number of carbonyl (C=O) groups excluding carboxylic acids is 1. The van der Waals surface area contributed by atoms with Crippen LogP contribution < -0.4 is 9.91 Å². The number of amides is 1. The number of anilines is 2. The zero-order chi connectivity index (χ0) is 19.4. The summed E-state index contributed by atoms with van der Waals surface area (Å²) >= 11 is 0. The lowest BCUT2D eigenvalue weighted by atomic mass is 10.0. The molecule has 136 valence electrons. The molecule has 1 aliphatic heterocycles. The van der Waals surface area contributed by atoms with Gasteiger partial charge in [0.2, 0.25) is 0 Å². The van der Waals surface area contributed by atoms with Crippen molar-refractivity contribution in [1.82, 2.24) is 0 Å². The molecule has 3 rings (SSSR count). The first-order valence-corrected chi connectivity index (χ1v) is 9.02. The third kappa shape index (κ3) is 3.61. The molecule has 0 N–H and O–H groups in total. The lowest BCUT2D eigenvalue weighted by Crippen LogP contribution is -2.22. The van der Waals surface area contributed by atoms with Crippen molar-refractivity contribution in [2.45, 2.75) is 20.8 Å². The van der Waals surface area contributed by atoms with Gasteiger partial charge >= 0.3 is 5.84 Å². The smallest absolute Gasteiger partial charge is 0.307 e. The van der Waals surface area contributed by atoms with E-state index in [1.807, 2.05) is 31.2 Å². The molecule has 0 radical (unpaired) electrons. The highest BCUT2D eigenvalue weighted by Gasteiger charge is 2.34. The fraction of sp³-hybridized carbons (Fsp3) is 0.227. The minimum Gasteiger partial charge on any atom is -0.372 e. The van der Waals surface area contributed by atoms with Gasteiger partial charge in [-0.3, -0.25) is 4.79 Å². The first-order valence-electron chi connectivity index (χ1n) is 9.02. The predicted octanol–water partition coefficient (Wildman–Crippen LogP) is 4.50. The van der Waals surface area contributed by atoms with Crippen molar-refractivity contribution < 1.29 is 4.79 Å². The SMILES string of the molecule is [C-]#[N+]C1=NN(c2ccccc2)C(=O)C1=Cc1ccc(N(CC)CC)cc1C. The lowest BCUT2D eigenvalue weighted by Gasteiger charge is -2.22. The van der Waals surface area contributed by atoms with Crippen molar-refractivity contribution in [3.8, 4) is 0 Å². The van der Waals surface area contributed by atoms with Gasteiger partial charge in [-0.05, 0) is 61.3 Å². The summed E-state index contributed by atoms with van der Waals surface area (Å²) in [5.74, 6) is -0.157. The average molecular weight is 358 g/mol. The van der Waals surface area contributed by atoms with E-state index in [4.69, 9.17) is 6.57 Å². The topological polar surface area (TPSA) is 40.3 Å². The van der Waals surface area contributed by atoms with Gasteiger partial charge in [-0.25, -0.2) is 0 Å². The number of amidine groups is 1. The summed E-state index contributed by atoms with van der Waals surface area (Å²) in [6.45, 7) is 15.6. The second-order valence-corrected chi connectivity index (χ2v) is 6.26. The number of hydrogen-bond acceptors (Lipinski definition) is 3. The van der Waals surface area contributed by atoms with Gasteiger partial charge in [0.05, 0.1) is 11.3 Å². The normalized spacial score (nSPS) is 15.0. The van der Waals surface area contributed by atoms with Crippen LogP contribution in [0, 0.1) is 13.5 Å². The fourth-order valence-electron chi connectivity index (χ4n) is 3.12. The van der Waals surface area contributed by atoms with Gasteiger partial charge in [-0.1, -0.05) is 36.9 Å². The Morgan fingerprint density at radius 2 is 1.85 bits per heavy atom. The van der Waals surface area contributed by atoms with E-state index in [1.54, 1.807) is 18.2 Å². The van der Waals surface area contributed by atoms with Gasteiger partial charge in [-0.2, -0.15) is 0 Å². The van der Waals surface area contributed by atoms with Crippen molar-refractivity contribution in [1.29, 1.82) is 0 Å². The van der Waals surface area contributed by atoms with Gasteiger partial charge in [0.15, 0.2) is 0 Å². The van der Waals surface area contributed by atoms with E-state index in [1.165, 1.54) is 5.01 Å². The minimum absolute atomic E-state index is 0.121. The Bertz CT molecular complexity index is 950. The summed E-state index contributed by atoms with van der Waals surface area (Å²) in [4.78, 5) is 18.6. The van der Waals surface area contributed by atoms with Crippen LogP contribution in [-0.4, -0.2) is 24.8 Å². The van der Waals surface area contributed by atoms with E-state index in [-0.39, 0.29) is 11.7 Å². The van der Waals surface area contributed by atoms with Crippen molar-refractivity contribution in [3.63, 3.8) is 0 Å². The standard InChI is InChI=1S/C22H22N4O/c1-5-25(6-2)19-13-12-17(16(3)14-19)15-20-21(23-4)24-26(22(20)27)18-10-8-7-9-11-18/h7-15H,5-6H2,1-3H3. The van der Waals surface area contributed by atoms with E-state index in [0.717, 1.165) is 29.9 Å². The molecule has 0 unspecified atom stereocenters. The molecule has 0 saturated heterocycles. The lowest BCUT2D eigenvalue weighted by molar-refractivity contribution is -0.114. The number of carbonyl (C=O) groups is 1. The van der Waals surface area contributed by atoms with E-state index in [0.29, 0.717) is 11.3 Å². The molecule has 0 aromatic heterocycles. The van der Waals surface area contributed by atoms with Gasteiger partial charge in [0, 0.05) is 18.8 Å². The molecule has 0 aliphatic carbocycles. The molecule has 0 saturated carbocycles. The summed E-state index contributed by atoms with van der Waals surface area (Å²) in [6, 6.07) is 15.3. The molecule has 1 amide bonds. The monoisotopic (exact) mass is 358 g/mol. The maximum atomic E-state index is 12.9. The molecule has 0 atom stereocenters. The molecular weight excluding hydrogens is 336 g/mol. The van der Waals surface area contributed by atoms with Crippen LogP contribution in [0.3, 0.4) is 0 Å². The number of hydrazone groups is 1. The van der Waals surface area contributed by atoms with E-state index >= 15 is 0 Å². The van der Waals surface area contributed by atoms with Crippen molar-refractivity contribution in [2.75, 3.05) is 23.0 Å². The first kappa shape index (κ1) is 18.4. The minimum atomic E-state index is -0.278. The molecular formula is C22H22N4O. The van der Waals surface area contributed by atoms with Crippen LogP contribution in [0.1, 0.15) is 25.0 Å². The molecule has 0 bridgehead atoms. The molecule has 27 heavy (non-hydrogen) atoms. The van der Waals surface area contributed by atoms with Gasteiger partial charge < -0.3 is 9.74 Å². The number of hydrogen-bond donors (Lipinski definition) is 0. The van der Waals surface area contributed by atoms with Crippen LogP contribution in [0.5, 0.6) is 0 Å². The highest BCUT2D eigenvalue weighted by molar-refractivity contribution is 6.34. The van der Waals surface area contributed by atoms with Gasteiger partial charge in [0.25, 0.3) is 5.91 Å². The molecule has 2 aromatic rings. The molecule has 5 heteroatoms. The maximum absolute atomic E-state index is 12.9. The van der Waals surface area contributed by atoms with Crippen LogP contribution in [-0.2, 0) is 4.79 Å². The van der Waals surface area contributed by atoms with E-state index in [9.17, 15) is 4.79 Å². The van der Waals surface area contributed by atoms with E-state index < -0.39 is 0 Å². The molecule has 0 spiro atoms. The maximum Gasteiger partial charge on any atom is 0.307 e. The second-order valence-electron chi connectivity index (χ2n) is 6.26. The van der Waals surface area contributed by atoms with Crippen molar-refractivity contribution >= 4 is 29.2 Å². The number of nitrogens with zero attached hydrogens (tertiary/aromatic N) is 4. The molecule has 2 aromatic carbocycles. The number of aryl methyl sites for hydroxylation is 1. The van der Waals surface area contributed by atoms with Crippen molar-refractivity contribution in [2.24, 2.45) is 5.10 Å². The Morgan fingerprint density at radius 1 is 1.15 bits per heavy atom. The summed E-state index contributed by atoms with van der Waals surface area (Å²) in [5, 5.41) is 5.50. The molecule has 0 fully saturated rings. The quantitative estimate of drug-likeness (QED) is 0.583. The zero-order valence-electron chi connectivity index (χ0n) is 15.8.